The average Bonchev–Trinajstić information content (AvgIpc) is 2.35. The maximum Gasteiger partial charge on any atom is 0.198 e. The highest BCUT2D eigenvalue weighted by Crippen LogP contribution is 2.33. The van der Waals surface area contributed by atoms with Crippen molar-refractivity contribution in [2.24, 2.45) is 5.73 Å². The minimum Gasteiger partial charge on any atom is -0.450 e. The molecule has 2 rings (SSSR count). The van der Waals surface area contributed by atoms with Crippen LogP contribution in [0.1, 0.15) is 5.56 Å². The van der Waals surface area contributed by atoms with Crippen molar-refractivity contribution in [3.8, 4) is 11.5 Å². The van der Waals surface area contributed by atoms with Crippen molar-refractivity contribution < 1.29 is 17.9 Å². The quantitative estimate of drug-likeness (QED) is 0.926. The maximum absolute atomic E-state index is 13.7. The van der Waals surface area contributed by atoms with Crippen LogP contribution in [0.5, 0.6) is 11.5 Å². The normalized spacial score (nSPS) is 10.6. The van der Waals surface area contributed by atoms with E-state index in [9.17, 15) is 13.2 Å². The summed E-state index contributed by atoms with van der Waals surface area (Å²) in [5, 5.41) is -0.0818. The van der Waals surface area contributed by atoms with Gasteiger partial charge in [0, 0.05) is 6.54 Å². The molecule has 0 saturated heterocycles. The predicted molar refractivity (Wildman–Crippen MR) is 65.7 cm³/mol. The lowest BCUT2D eigenvalue weighted by Crippen LogP contribution is -2.00. The molecule has 0 aliphatic heterocycles. The molecular formula is C13H9ClF3NO. The first-order valence-corrected chi connectivity index (χ1v) is 5.70. The van der Waals surface area contributed by atoms with E-state index in [1.165, 1.54) is 6.07 Å². The molecule has 0 radical (unpaired) electrons. The van der Waals surface area contributed by atoms with Gasteiger partial charge in [0.05, 0.1) is 5.02 Å². The number of hydrogen-bond acceptors (Lipinski definition) is 2. The fourth-order valence-corrected chi connectivity index (χ4v) is 1.70. The smallest absolute Gasteiger partial charge is 0.198 e. The fourth-order valence-electron chi connectivity index (χ4n) is 1.50. The summed E-state index contributed by atoms with van der Waals surface area (Å²) in [6, 6.07) is 5.38. The highest BCUT2D eigenvalue weighted by Gasteiger charge is 2.15. The van der Waals surface area contributed by atoms with Crippen molar-refractivity contribution in [1.29, 1.82) is 0 Å². The van der Waals surface area contributed by atoms with E-state index in [1.54, 1.807) is 0 Å². The van der Waals surface area contributed by atoms with Gasteiger partial charge in [-0.3, -0.25) is 0 Å². The second-order valence-corrected chi connectivity index (χ2v) is 4.18. The van der Waals surface area contributed by atoms with E-state index in [2.05, 4.69) is 0 Å². The van der Waals surface area contributed by atoms with Gasteiger partial charge in [-0.05, 0) is 35.9 Å². The highest BCUT2D eigenvalue weighted by molar-refractivity contribution is 6.32. The number of nitrogens with two attached hydrogens (primary N) is 1. The molecule has 2 N–H and O–H groups in total. The molecule has 0 fully saturated rings. The number of benzene rings is 2. The Morgan fingerprint density at radius 2 is 1.68 bits per heavy atom. The van der Waals surface area contributed by atoms with Gasteiger partial charge in [0.15, 0.2) is 17.4 Å². The van der Waals surface area contributed by atoms with Crippen LogP contribution >= 0.6 is 11.6 Å². The van der Waals surface area contributed by atoms with Crippen LogP contribution in [0.4, 0.5) is 13.2 Å². The zero-order chi connectivity index (χ0) is 14.0. The lowest BCUT2D eigenvalue weighted by atomic mass is 10.2. The summed E-state index contributed by atoms with van der Waals surface area (Å²) in [5.74, 6) is -3.02. The van der Waals surface area contributed by atoms with Gasteiger partial charge >= 0.3 is 0 Å². The van der Waals surface area contributed by atoms with Crippen LogP contribution in [0.15, 0.2) is 30.3 Å². The largest absolute Gasteiger partial charge is 0.450 e. The van der Waals surface area contributed by atoms with Gasteiger partial charge in [0.25, 0.3) is 0 Å². The van der Waals surface area contributed by atoms with E-state index in [1.807, 2.05) is 0 Å². The second-order valence-electron chi connectivity index (χ2n) is 3.77. The zero-order valence-electron chi connectivity index (χ0n) is 9.59. The first kappa shape index (κ1) is 13.7. The molecule has 2 nitrogen and oxygen atoms in total. The maximum atomic E-state index is 13.7. The summed E-state index contributed by atoms with van der Waals surface area (Å²) in [7, 11) is 0. The third kappa shape index (κ3) is 3.00. The first-order valence-electron chi connectivity index (χ1n) is 5.32. The Hall–Kier alpha value is -1.72. The second kappa shape index (κ2) is 5.50. The molecule has 0 atom stereocenters. The van der Waals surface area contributed by atoms with Gasteiger partial charge in [-0.2, -0.15) is 0 Å². The molecule has 2 aromatic carbocycles. The van der Waals surface area contributed by atoms with Crippen LogP contribution in [0, 0.1) is 17.5 Å². The summed E-state index contributed by atoms with van der Waals surface area (Å²) >= 11 is 5.71. The molecule has 2 aromatic rings. The lowest BCUT2D eigenvalue weighted by molar-refractivity contribution is 0.406. The molecule has 0 heterocycles. The van der Waals surface area contributed by atoms with Crippen LogP contribution in [0.2, 0.25) is 5.02 Å². The molecule has 0 amide bonds. The molecule has 0 unspecified atom stereocenters. The van der Waals surface area contributed by atoms with E-state index in [0.29, 0.717) is 5.56 Å². The molecular weight excluding hydrogens is 279 g/mol. The van der Waals surface area contributed by atoms with Gasteiger partial charge in [0.1, 0.15) is 11.6 Å². The molecule has 0 aliphatic rings. The van der Waals surface area contributed by atoms with Gasteiger partial charge < -0.3 is 10.5 Å². The average molecular weight is 288 g/mol. The Labute approximate surface area is 112 Å². The molecule has 0 aliphatic carbocycles. The number of rotatable bonds is 3. The molecule has 100 valence electrons. The van der Waals surface area contributed by atoms with Crippen LogP contribution in [-0.4, -0.2) is 0 Å². The Kier molecular flexibility index (Phi) is 3.97. The van der Waals surface area contributed by atoms with Gasteiger partial charge in [-0.25, -0.2) is 13.2 Å². The lowest BCUT2D eigenvalue weighted by Gasteiger charge is -2.10. The van der Waals surface area contributed by atoms with Gasteiger partial charge in [-0.1, -0.05) is 11.6 Å². The summed E-state index contributed by atoms with van der Waals surface area (Å²) in [4.78, 5) is 0. The van der Waals surface area contributed by atoms with E-state index in [4.69, 9.17) is 22.1 Å². The molecule has 19 heavy (non-hydrogen) atoms. The van der Waals surface area contributed by atoms with Crippen molar-refractivity contribution in [3.63, 3.8) is 0 Å². The van der Waals surface area contributed by atoms with Gasteiger partial charge in [-0.15, -0.1) is 0 Å². The summed E-state index contributed by atoms with van der Waals surface area (Å²) < 4.78 is 45.2. The molecule has 6 heteroatoms. The van der Waals surface area contributed by atoms with E-state index in [-0.39, 0.29) is 17.3 Å². The van der Waals surface area contributed by atoms with E-state index < -0.39 is 23.2 Å². The standard InChI is InChI=1S/C13H9ClF3NO/c14-9-5-8(15)1-2-12(9)19-13-10(16)3-7(6-18)4-11(13)17/h1-5H,6,18H2. The van der Waals surface area contributed by atoms with Crippen LogP contribution in [0.3, 0.4) is 0 Å². The van der Waals surface area contributed by atoms with Crippen molar-refractivity contribution in [2.45, 2.75) is 6.54 Å². The molecule has 0 spiro atoms. The summed E-state index contributed by atoms with van der Waals surface area (Å²) in [5.41, 5.74) is 5.59. The van der Waals surface area contributed by atoms with Crippen LogP contribution in [0.25, 0.3) is 0 Å². The summed E-state index contributed by atoms with van der Waals surface area (Å²) in [6.07, 6.45) is 0. The topological polar surface area (TPSA) is 35.2 Å². The molecule has 0 saturated carbocycles. The summed E-state index contributed by atoms with van der Waals surface area (Å²) in [6.45, 7) is 0.00538. The van der Waals surface area contributed by atoms with Gasteiger partial charge in [0.2, 0.25) is 0 Å². The molecule has 0 bridgehead atoms. The Morgan fingerprint density at radius 1 is 1.05 bits per heavy atom. The zero-order valence-corrected chi connectivity index (χ0v) is 10.3. The third-order valence-electron chi connectivity index (χ3n) is 2.40. The van der Waals surface area contributed by atoms with Crippen molar-refractivity contribution in [3.05, 3.63) is 58.4 Å². The third-order valence-corrected chi connectivity index (χ3v) is 2.70. The number of hydrogen-bond donors (Lipinski definition) is 1. The van der Waals surface area contributed by atoms with E-state index in [0.717, 1.165) is 24.3 Å². The van der Waals surface area contributed by atoms with Crippen LogP contribution in [-0.2, 0) is 6.54 Å². The Bertz CT molecular complexity index is 596. The molecule has 0 aromatic heterocycles. The van der Waals surface area contributed by atoms with Crippen LogP contribution < -0.4 is 10.5 Å². The van der Waals surface area contributed by atoms with Crippen molar-refractivity contribution in [1.82, 2.24) is 0 Å². The number of halogens is 4. The predicted octanol–water partition coefficient (Wildman–Crippen LogP) is 4.01. The first-order chi connectivity index (χ1) is 9.01. The Morgan fingerprint density at radius 3 is 2.21 bits per heavy atom. The van der Waals surface area contributed by atoms with E-state index >= 15 is 0 Å². The minimum absolute atomic E-state index is 0.00538. The SMILES string of the molecule is NCc1cc(F)c(Oc2ccc(F)cc2Cl)c(F)c1. The van der Waals surface area contributed by atoms with Crippen molar-refractivity contribution >= 4 is 11.6 Å². The highest BCUT2D eigenvalue weighted by atomic mass is 35.5. The monoisotopic (exact) mass is 287 g/mol. The fraction of sp³-hybridized carbons (Fsp3) is 0.0769. The number of ether oxygens (including phenoxy) is 1. The van der Waals surface area contributed by atoms with Crippen molar-refractivity contribution in [2.75, 3.05) is 0 Å². The minimum atomic E-state index is -0.902. The Balaban J connectivity index is 2.38.